The molecule has 2 rings (SSSR count). The Balaban J connectivity index is 2.29. The molecule has 3 N–H and O–H groups in total. The molecule has 1 unspecified atom stereocenters. The normalized spacial score (nSPS) is 18.6. The molecular weight excluding hydrogens is 214 g/mol. The highest BCUT2D eigenvalue weighted by molar-refractivity contribution is 5.96. The van der Waals surface area contributed by atoms with Gasteiger partial charge in [-0.1, -0.05) is 31.2 Å². The van der Waals surface area contributed by atoms with Crippen molar-refractivity contribution >= 4 is 17.8 Å². The third kappa shape index (κ3) is 2.06. The van der Waals surface area contributed by atoms with Gasteiger partial charge in [0.15, 0.2) is 0 Å². The standard InChI is InChI=1S/C13H15N3O/c1-8-10-5-3-4-6-11(10)9(2)12(8)7-15-16-13(14)17/h3-8H,1-2H3,(H3,14,16,17)/b15-7+. The number of rotatable bonds is 2. The number of urea groups is 1. The number of nitrogens with two attached hydrogens (primary N) is 1. The summed E-state index contributed by atoms with van der Waals surface area (Å²) in [5, 5.41) is 3.83. The van der Waals surface area contributed by atoms with Gasteiger partial charge in [0.2, 0.25) is 0 Å². The predicted molar refractivity (Wildman–Crippen MR) is 68.7 cm³/mol. The number of carbonyl (C=O) groups excluding carboxylic acids is 1. The molecule has 0 spiro atoms. The lowest BCUT2D eigenvalue weighted by molar-refractivity contribution is 0.249. The largest absolute Gasteiger partial charge is 0.350 e. The van der Waals surface area contributed by atoms with E-state index >= 15 is 0 Å². The second-order valence-corrected chi connectivity index (χ2v) is 4.12. The van der Waals surface area contributed by atoms with Crippen LogP contribution < -0.4 is 11.2 Å². The molecule has 1 aromatic carbocycles. The van der Waals surface area contributed by atoms with Gasteiger partial charge in [-0.2, -0.15) is 5.10 Å². The lowest BCUT2D eigenvalue weighted by Gasteiger charge is -2.06. The second kappa shape index (κ2) is 4.41. The van der Waals surface area contributed by atoms with Gasteiger partial charge < -0.3 is 5.73 Å². The first kappa shape index (κ1) is 11.4. The van der Waals surface area contributed by atoms with E-state index in [2.05, 4.69) is 36.5 Å². The van der Waals surface area contributed by atoms with Crippen molar-refractivity contribution in [2.75, 3.05) is 0 Å². The SMILES string of the molecule is CC1=C(/C=N/NC(N)=O)C(C)c2ccccc21. The van der Waals surface area contributed by atoms with Crippen LogP contribution in [0.1, 0.15) is 30.9 Å². The molecule has 0 aromatic heterocycles. The Labute approximate surface area is 100 Å². The average Bonchev–Trinajstić information content (AvgIpc) is 2.54. The van der Waals surface area contributed by atoms with Gasteiger partial charge in [0.05, 0.1) is 6.21 Å². The number of amides is 2. The van der Waals surface area contributed by atoms with E-state index in [4.69, 9.17) is 5.73 Å². The summed E-state index contributed by atoms with van der Waals surface area (Å²) in [5.74, 6) is 0.296. The van der Waals surface area contributed by atoms with E-state index in [0.717, 1.165) is 5.57 Å². The minimum Gasteiger partial charge on any atom is -0.350 e. The van der Waals surface area contributed by atoms with Crippen molar-refractivity contribution in [2.24, 2.45) is 10.8 Å². The predicted octanol–water partition coefficient (Wildman–Crippen LogP) is 2.23. The fourth-order valence-corrected chi connectivity index (χ4v) is 2.24. The first-order valence-electron chi connectivity index (χ1n) is 5.50. The summed E-state index contributed by atoms with van der Waals surface area (Å²) < 4.78 is 0. The maximum absolute atomic E-state index is 10.5. The first-order chi connectivity index (χ1) is 8.11. The third-order valence-electron chi connectivity index (χ3n) is 3.11. The summed E-state index contributed by atoms with van der Waals surface area (Å²) >= 11 is 0. The van der Waals surface area contributed by atoms with E-state index in [1.165, 1.54) is 16.7 Å². The molecule has 2 amide bonds. The van der Waals surface area contributed by atoms with Crippen molar-refractivity contribution < 1.29 is 4.79 Å². The van der Waals surface area contributed by atoms with Gasteiger partial charge in [-0.05, 0) is 29.2 Å². The Morgan fingerprint density at radius 2 is 2.18 bits per heavy atom. The molecule has 1 aliphatic rings. The number of fused-ring (bicyclic) bond motifs is 1. The monoisotopic (exact) mass is 229 g/mol. The summed E-state index contributed by atoms with van der Waals surface area (Å²) in [7, 11) is 0. The molecule has 4 nitrogen and oxygen atoms in total. The Morgan fingerprint density at radius 1 is 1.47 bits per heavy atom. The maximum Gasteiger partial charge on any atom is 0.332 e. The third-order valence-corrected chi connectivity index (χ3v) is 3.11. The zero-order valence-corrected chi connectivity index (χ0v) is 9.90. The van der Waals surface area contributed by atoms with E-state index in [1.54, 1.807) is 6.21 Å². The Morgan fingerprint density at radius 3 is 2.82 bits per heavy atom. The first-order valence-corrected chi connectivity index (χ1v) is 5.50. The minimum absolute atomic E-state index is 0.296. The number of allylic oxidation sites excluding steroid dienone is 2. The number of hydrogen-bond donors (Lipinski definition) is 2. The zero-order chi connectivity index (χ0) is 12.4. The molecular formula is C13H15N3O. The maximum atomic E-state index is 10.5. The summed E-state index contributed by atoms with van der Waals surface area (Å²) in [6, 6.07) is 7.62. The van der Waals surface area contributed by atoms with Crippen molar-refractivity contribution in [2.45, 2.75) is 19.8 Å². The van der Waals surface area contributed by atoms with Crippen molar-refractivity contribution in [1.82, 2.24) is 5.43 Å². The van der Waals surface area contributed by atoms with Crippen molar-refractivity contribution in [3.8, 4) is 0 Å². The van der Waals surface area contributed by atoms with Crippen molar-refractivity contribution in [1.29, 1.82) is 0 Å². The fourth-order valence-electron chi connectivity index (χ4n) is 2.24. The molecule has 0 saturated carbocycles. The van der Waals surface area contributed by atoms with Gasteiger partial charge in [0, 0.05) is 5.92 Å². The molecule has 17 heavy (non-hydrogen) atoms. The highest BCUT2D eigenvalue weighted by Gasteiger charge is 2.23. The summed E-state index contributed by atoms with van der Waals surface area (Å²) in [5.41, 5.74) is 12.0. The smallest absolute Gasteiger partial charge is 0.332 e. The van der Waals surface area contributed by atoms with Crippen molar-refractivity contribution in [3.05, 3.63) is 41.0 Å². The van der Waals surface area contributed by atoms with Crippen LogP contribution in [0.2, 0.25) is 0 Å². The van der Waals surface area contributed by atoms with Crippen LogP contribution in [0.3, 0.4) is 0 Å². The lowest BCUT2D eigenvalue weighted by atomic mass is 9.99. The van der Waals surface area contributed by atoms with Gasteiger partial charge in [-0.15, -0.1) is 0 Å². The van der Waals surface area contributed by atoms with Crippen molar-refractivity contribution in [3.63, 3.8) is 0 Å². The summed E-state index contributed by atoms with van der Waals surface area (Å²) in [4.78, 5) is 10.5. The molecule has 0 aliphatic heterocycles. The van der Waals surface area contributed by atoms with Crippen LogP contribution in [0.5, 0.6) is 0 Å². The van der Waals surface area contributed by atoms with Crippen LogP contribution >= 0.6 is 0 Å². The van der Waals surface area contributed by atoms with Gasteiger partial charge in [-0.25, -0.2) is 10.2 Å². The highest BCUT2D eigenvalue weighted by Crippen LogP contribution is 2.40. The topological polar surface area (TPSA) is 67.5 Å². The van der Waals surface area contributed by atoms with E-state index in [0.29, 0.717) is 5.92 Å². The fraction of sp³-hybridized carbons (Fsp3) is 0.231. The number of nitrogens with one attached hydrogen (secondary N) is 1. The number of nitrogens with zero attached hydrogens (tertiary/aromatic N) is 1. The Bertz CT molecular complexity index is 517. The number of hydrogen-bond acceptors (Lipinski definition) is 2. The molecule has 0 heterocycles. The second-order valence-electron chi connectivity index (χ2n) is 4.12. The summed E-state index contributed by atoms with van der Waals surface area (Å²) in [6.45, 7) is 4.19. The number of benzene rings is 1. The zero-order valence-electron chi connectivity index (χ0n) is 9.90. The number of hydrazone groups is 1. The highest BCUT2D eigenvalue weighted by atomic mass is 16.2. The van der Waals surface area contributed by atoms with Crippen LogP contribution in [0, 0.1) is 0 Å². The van der Waals surface area contributed by atoms with Gasteiger partial charge >= 0.3 is 6.03 Å². The molecule has 0 radical (unpaired) electrons. The average molecular weight is 229 g/mol. The van der Waals surface area contributed by atoms with Crippen LogP contribution in [-0.4, -0.2) is 12.2 Å². The lowest BCUT2D eigenvalue weighted by Crippen LogP contribution is -2.24. The molecule has 0 bridgehead atoms. The molecule has 88 valence electrons. The minimum atomic E-state index is -0.650. The van der Waals surface area contributed by atoms with Crippen LogP contribution in [0.15, 0.2) is 34.9 Å². The molecule has 1 aromatic rings. The molecule has 4 heteroatoms. The van der Waals surface area contributed by atoms with Gasteiger partial charge in [-0.3, -0.25) is 0 Å². The van der Waals surface area contributed by atoms with Crippen LogP contribution in [0.4, 0.5) is 4.79 Å². The summed E-state index contributed by atoms with van der Waals surface area (Å²) in [6.07, 6.45) is 1.67. The van der Waals surface area contributed by atoms with Gasteiger partial charge in [0.25, 0.3) is 0 Å². The molecule has 1 aliphatic carbocycles. The number of primary amides is 1. The molecule has 0 fully saturated rings. The quantitative estimate of drug-likeness (QED) is 0.592. The van der Waals surface area contributed by atoms with E-state index in [-0.39, 0.29) is 0 Å². The Kier molecular flexibility index (Phi) is 2.95. The van der Waals surface area contributed by atoms with E-state index < -0.39 is 6.03 Å². The van der Waals surface area contributed by atoms with E-state index in [9.17, 15) is 4.79 Å². The Hall–Kier alpha value is -2.10. The number of carbonyl (C=O) groups is 1. The molecule has 0 saturated heterocycles. The van der Waals surface area contributed by atoms with Crippen LogP contribution in [-0.2, 0) is 0 Å². The molecule has 1 atom stereocenters. The van der Waals surface area contributed by atoms with Gasteiger partial charge in [0.1, 0.15) is 0 Å². The van der Waals surface area contributed by atoms with Crippen LogP contribution in [0.25, 0.3) is 5.57 Å². The van der Waals surface area contributed by atoms with E-state index in [1.807, 2.05) is 12.1 Å².